The average molecular weight is 439 g/mol. The Labute approximate surface area is 183 Å². The van der Waals surface area contributed by atoms with Gasteiger partial charge in [0.05, 0.1) is 17.2 Å². The molecule has 0 atom stereocenters. The zero-order valence-corrected chi connectivity index (χ0v) is 18.6. The van der Waals surface area contributed by atoms with E-state index in [9.17, 15) is 13.2 Å². The van der Waals surface area contributed by atoms with Crippen LogP contribution in [-0.4, -0.2) is 27.5 Å². The summed E-state index contributed by atoms with van der Waals surface area (Å²) < 4.78 is 33.3. The van der Waals surface area contributed by atoms with Gasteiger partial charge in [0.1, 0.15) is 12.3 Å². The van der Waals surface area contributed by atoms with E-state index in [0.29, 0.717) is 23.7 Å². The summed E-state index contributed by atoms with van der Waals surface area (Å²) in [7, 11) is -3.95. The molecule has 0 heterocycles. The molecule has 162 valence electrons. The van der Waals surface area contributed by atoms with Crippen LogP contribution in [0.4, 0.5) is 11.4 Å². The molecule has 3 aromatic rings. The highest BCUT2D eigenvalue weighted by atomic mass is 32.2. The molecule has 6 nitrogen and oxygen atoms in total. The first-order chi connectivity index (χ1) is 14.8. The standard InChI is InChI=1S/C24H26N2O4S/c1-4-30-21-14-12-20(13-15-21)26(31(28,29)22-8-6-5-7-9-22)17-24(27)25-23-16-18(2)10-11-19(23)3/h5-16H,4,17H2,1-3H3,(H,25,27). The van der Waals surface area contributed by atoms with Gasteiger partial charge in [-0.25, -0.2) is 8.42 Å². The number of ether oxygens (including phenoxy) is 1. The zero-order valence-electron chi connectivity index (χ0n) is 17.8. The molecule has 0 saturated heterocycles. The van der Waals surface area contributed by atoms with Crippen LogP contribution in [-0.2, 0) is 14.8 Å². The molecule has 0 unspecified atom stereocenters. The molecule has 1 amide bonds. The highest BCUT2D eigenvalue weighted by molar-refractivity contribution is 7.92. The molecule has 0 spiro atoms. The Kier molecular flexibility index (Phi) is 6.97. The summed E-state index contributed by atoms with van der Waals surface area (Å²) in [6, 6.07) is 20.5. The van der Waals surface area contributed by atoms with Crippen LogP contribution in [0, 0.1) is 13.8 Å². The van der Waals surface area contributed by atoms with Gasteiger partial charge in [0, 0.05) is 5.69 Å². The van der Waals surface area contributed by atoms with Gasteiger partial charge >= 0.3 is 0 Å². The number of carbonyl (C=O) groups is 1. The summed E-state index contributed by atoms with van der Waals surface area (Å²) in [5.41, 5.74) is 2.94. The van der Waals surface area contributed by atoms with Crippen LogP contribution >= 0.6 is 0 Å². The predicted molar refractivity (Wildman–Crippen MR) is 123 cm³/mol. The Bertz CT molecular complexity index is 1140. The third-order valence-electron chi connectivity index (χ3n) is 4.72. The van der Waals surface area contributed by atoms with Crippen molar-refractivity contribution >= 4 is 27.3 Å². The molecule has 0 aliphatic heterocycles. The van der Waals surface area contributed by atoms with Crippen molar-refractivity contribution in [3.63, 3.8) is 0 Å². The molecule has 3 rings (SSSR count). The minimum absolute atomic E-state index is 0.114. The molecule has 3 aromatic carbocycles. The minimum atomic E-state index is -3.95. The van der Waals surface area contributed by atoms with Crippen molar-refractivity contribution in [2.24, 2.45) is 0 Å². The number of nitrogens with zero attached hydrogens (tertiary/aromatic N) is 1. The largest absolute Gasteiger partial charge is 0.494 e. The van der Waals surface area contributed by atoms with Crippen molar-refractivity contribution in [1.82, 2.24) is 0 Å². The molecule has 0 fully saturated rings. The van der Waals surface area contributed by atoms with Gasteiger partial charge in [-0.15, -0.1) is 0 Å². The van der Waals surface area contributed by atoms with E-state index in [1.54, 1.807) is 42.5 Å². The highest BCUT2D eigenvalue weighted by Crippen LogP contribution is 2.26. The molecule has 0 aromatic heterocycles. The molecule has 0 bridgehead atoms. The Hall–Kier alpha value is -3.32. The molecule has 1 N–H and O–H groups in total. The molecular weight excluding hydrogens is 412 g/mol. The van der Waals surface area contributed by atoms with Crippen LogP contribution in [0.15, 0.2) is 77.7 Å². The minimum Gasteiger partial charge on any atom is -0.494 e. The van der Waals surface area contributed by atoms with Crippen molar-refractivity contribution in [3.8, 4) is 5.75 Å². The van der Waals surface area contributed by atoms with Gasteiger partial charge in [-0.2, -0.15) is 0 Å². The first kappa shape index (κ1) is 22.4. The fourth-order valence-electron chi connectivity index (χ4n) is 3.10. The van der Waals surface area contributed by atoms with E-state index < -0.39 is 15.9 Å². The van der Waals surface area contributed by atoms with E-state index in [2.05, 4.69) is 5.32 Å². The summed E-state index contributed by atoms with van der Waals surface area (Å²) in [6.07, 6.45) is 0. The van der Waals surface area contributed by atoms with Crippen LogP contribution in [0.5, 0.6) is 5.75 Å². The SMILES string of the molecule is CCOc1ccc(N(CC(=O)Nc2cc(C)ccc2C)S(=O)(=O)c2ccccc2)cc1. The van der Waals surface area contributed by atoms with Gasteiger partial charge in [0.15, 0.2) is 0 Å². The van der Waals surface area contributed by atoms with Crippen LogP contribution in [0.1, 0.15) is 18.1 Å². The van der Waals surface area contributed by atoms with Crippen molar-refractivity contribution in [2.45, 2.75) is 25.7 Å². The van der Waals surface area contributed by atoms with Crippen LogP contribution < -0.4 is 14.4 Å². The number of aryl methyl sites for hydroxylation is 2. The van der Waals surface area contributed by atoms with Gasteiger partial charge < -0.3 is 10.1 Å². The Balaban J connectivity index is 1.93. The number of sulfonamides is 1. The van der Waals surface area contributed by atoms with Gasteiger partial charge in [0.25, 0.3) is 10.0 Å². The van der Waals surface area contributed by atoms with Crippen LogP contribution in [0.2, 0.25) is 0 Å². The first-order valence-corrected chi connectivity index (χ1v) is 11.4. The summed E-state index contributed by atoms with van der Waals surface area (Å²) in [6.45, 7) is 5.83. The lowest BCUT2D eigenvalue weighted by atomic mass is 10.1. The third-order valence-corrected chi connectivity index (χ3v) is 6.51. The molecule has 0 aliphatic carbocycles. The fraction of sp³-hybridized carbons (Fsp3) is 0.208. The summed E-state index contributed by atoms with van der Waals surface area (Å²) >= 11 is 0. The van der Waals surface area contributed by atoms with Gasteiger partial charge in [-0.3, -0.25) is 9.10 Å². The van der Waals surface area contributed by atoms with E-state index in [0.717, 1.165) is 15.4 Å². The average Bonchev–Trinajstić information content (AvgIpc) is 2.76. The molecule has 0 saturated carbocycles. The lowest BCUT2D eigenvalue weighted by molar-refractivity contribution is -0.114. The number of anilines is 2. The Morgan fingerprint density at radius 1 is 0.968 bits per heavy atom. The van der Waals surface area contributed by atoms with E-state index in [1.165, 1.54) is 12.1 Å². The van der Waals surface area contributed by atoms with E-state index in [-0.39, 0.29) is 11.4 Å². The van der Waals surface area contributed by atoms with Crippen molar-refractivity contribution in [1.29, 1.82) is 0 Å². The highest BCUT2D eigenvalue weighted by Gasteiger charge is 2.27. The summed E-state index contributed by atoms with van der Waals surface area (Å²) in [4.78, 5) is 13.0. The molecule has 7 heteroatoms. The summed E-state index contributed by atoms with van der Waals surface area (Å²) in [5, 5.41) is 2.84. The smallest absolute Gasteiger partial charge is 0.264 e. The van der Waals surface area contributed by atoms with Gasteiger partial charge in [-0.05, 0) is 74.4 Å². The van der Waals surface area contributed by atoms with E-state index >= 15 is 0 Å². The first-order valence-electron chi connectivity index (χ1n) is 9.99. The van der Waals surface area contributed by atoms with Crippen LogP contribution in [0.3, 0.4) is 0 Å². The topological polar surface area (TPSA) is 75.7 Å². The molecule has 31 heavy (non-hydrogen) atoms. The second-order valence-corrected chi connectivity index (χ2v) is 8.98. The normalized spacial score (nSPS) is 11.1. The van der Waals surface area contributed by atoms with Gasteiger partial charge in [-0.1, -0.05) is 30.3 Å². The molecule has 0 radical (unpaired) electrons. The number of nitrogens with one attached hydrogen (secondary N) is 1. The number of benzene rings is 3. The number of rotatable bonds is 8. The maximum absolute atomic E-state index is 13.4. The van der Waals surface area contributed by atoms with E-state index in [4.69, 9.17) is 4.74 Å². The summed E-state index contributed by atoms with van der Waals surface area (Å²) in [5.74, 6) is 0.199. The Morgan fingerprint density at radius 3 is 2.29 bits per heavy atom. The quantitative estimate of drug-likeness (QED) is 0.560. The third kappa shape index (κ3) is 5.44. The Morgan fingerprint density at radius 2 is 1.65 bits per heavy atom. The van der Waals surface area contributed by atoms with Crippen LogP contribution in [0.25, 0.3) is 0 Å². The molecular formula is C24H26N2O4S. The van der Waals surface area contributed by atoms with E-state index in [1.807, 2.05) is 39.0 Å². The second kappa shape index (κ2) is 9.66. The van der Waals surface area contributed by atoms with Crippen molar-refractivity contribution < 1.29 is 17.9 Å². The number of carbonyl (C=O) groups excluding carboxylic acids is 1. The lowest BCUT2D eigenvalue weighted by Crippen LogP contribution is -2.38. The lowest BCUT2D eigenvalue weighted by Gasteiger charge is -2.24. The second-order valence-electron chi connectivity index (χ2n) is 7.12. The maximum atomic E-state index is 13.4. The number of hydrogen-bond donors (Lipinski definition) is 1. The van der Waals surface area contributed by atoms with Crippen molar-refractivity contribution in [2.75, 3.05) is 22.8 Å². The zero-order chi connectivity index (χ0) is 22.4. The number of amides is 1. The predicted octanol–water partition coefficient (Wildman–Crippen LogP) is 4.54. The fourth-order valence-corrected chi connectivity index (χ4v) is 4.54. The monoisotopic (exact) mass is 438 g/mol. The van der Waals surface area contributed by atoms with Gasteiger partial charge in [0.2, 0.25) is 5.91 Å². The van der Waals surface area contributed by atoms with Crippen molar-refractivity contribution in [3.05, 3.63) is 83.9 Å². The number of hydrogen-bond acceptors (Lipinski definition) is 4. The molecule has 0 aliphatic rings. The maximum Gasteiger partial charge on any atom is 0.264 e.